The van der Waals surface area contributed by atoms with Gasteiger partial charge < -0.3 is 40.9 Å². The summed E-state index contributed by atoms with van der Waals surface area (Å²) in [5, 5.41) is 94.4. The molecule has 1 aromatic carbocycles. The van der Waals surface area contributed by atoms with Crippen molar-refractivity contribution in [3.8, 4) is 0 Å². The summed E-state index contributed by atoms with van der Waals surface area (Å²) >= 11 is 0. The molecule has 16 aliphatic rings. The lowest BCUT2D eigenvalue weighted by atomic mass is 9.34. The highest BCUT2D eigenvalue weighted by atomic mass is 16.3. The molecule has 16 aliphatic carbocycles. The Kier molecular flexibility index (Phi) is 35.5. The van der Waals surface area contributed by atoms with Gasteiger partial charge in [-0.05, 0) is 524 Å². The predicted octanol–water partition coefficient (Wildman–Crippen LogP) is 36.3. The minimum Gasteiger partial charge on any atom is -0.393 e. The van der Waals surface area contributed by atoms with Crippen molar-refractivity contribution in [1.29, 1.82) is 0 Å². The number of rotatable bonds is 24. The van der Waals surface area contributed by atoms with Gasteiger partial charge in [0.05, 0.1) is 48.8 Å². The van der Waals surface area contributed by atoms with Gasteiger partial charge in [-0.3, -0.25) is 0 Å². The Bertz CT molecular complexity index is 4740. The second-order valence-electron chi connectivity index (χ2n) is 65.8. The number of fused-ring (bicyclic) bond motifs is 20. The number of hydrogen-bond acceptors (Lipinski definition) is 8. The summed E-state index contributed by atoms with van der Waals surface area (Å²) in [4.78, 5) is 0. The van der Waals surface area contributed by atoms with Gasteiger partial charge in [0.2, 0.25) is 0 Å². The van der Waals surface area contributed by atoms with Gasteiger partial charge in [0.15, 0.2) is 0 Å². The minimum atomic E-state index is -0.268. The van der Waals surface area contributed by atoms with Crippen molar-refractivity contribution in [2.24, 2.45) is 227 Å². The second kappa shape index (κ2) is 43.2. The van der Waals surface area contributed by atoms with Crippen molar-refractivity contribution in [3.63, 3.8) is 0 Å². The lowest BCUT2D eigenvalue weighted by Crippen LogP contribution is -2.67. The Labute approximate surface area is 926 Å². The van der Waals surface area contributed by atoms with Crippen LogP contribution in [0.25, 0.3) is 0 Å². The van der Waals surface area contributed by atoms with Gasteiger partial charge in [0.25, 0.3) is 0 Å². The summed E-state index contributed by atoms with van der Waals surface area (Å²) in [6, 6.07) is 6.79. The highest BCUT2D eigenvalue weighted by molar-refractivity contribution is 5.36. The van der Waals surface area contributed by atoms with Gasteiger partial charge in [-0.25, -0.2) is 0 Å². The standard InChI is InChI=1S/C41H66O2.2C34H60O2.C33H58O2/c1-12-30-33(43)25-39(9)34(37(30,6)7)19-22-40(10)35(39)23-32(42)36-31(18-21-41(36,40)11)38(8,20-14-15-26(2)3)24-29-27(4)16-13-17-28(29)5;2*1-11-23-26(36)21-32(8)27(30(23,5)6)16-19-33(9)28(32)20-25(35)29-24(15-18-34(29,33)10)31(7,12-2)17-13-14-22(3)4;1-11-22-25(35)20-31(8)26(30(22,6)7)15-18-32(9)27(31)19-24(34)28-23(14-17-33(28,32)10)29(4,5)16-12-13-21(2)3/h13,15-17,30-36,42-43H,12,14,18-25H2,1-11H3;2*14,23-29,35-36H,11-13,15-21H2,1-10H3;13,22-28,34-35H,11-12,14-20H2,1-10H3/t30?,31?,32?,33-,34?,35?,36?,38-,39?,40?,41-;2*23?,24?,25?,26-,27?,28?,29?,31+,32?,33?,34-;22?,23?,24?,25-,26?,27?,28?,31?,32?,33-/m1111/s1. The monoisotopic (exact) mass is 2080 g/mol. The number of aryl methyl sites for hydroxylation is 2. The molecule has 0 aliphatic heterocycles. The number of benzene rings is 1. The van der Waals surface area contributed by atoms with Crippen LogP contribution in [0.4, 0.5) is 0 Å². The zero-order valence-electron chi connectivity index (χ0n) is 106. The molecule has 0 aromatic heterocycles. The van der Waals surface area contributed by atoms with Gasteiger partial charge in [-0.2, -0.15) is 0 Å². The van der Waals surface area contributed by atoms with Crippen LogP contribution in [-0.4, -0.2) is 89.7 Å². The van der Waals surface area contributed by atoms with Gasteiger partial charge in [0, 0.05) is 0 Å². The molecule has 8 nitrogen and oxygen atoms in total. The summed E-state index contributed by atoms with van der Waals surface area (Å²) < 4.78 is 0. The van der Waals surface area contributed by atoms with Crippen molar-refractivity contribution < 1.29 is 40.9 Å². The summed E-state index contributed by atoms with van der Waals surface area (Å²) in [6.07, 6.45) is 52.7. The maximum atomic E-state index is 12.4. The van der Waals surface area contributed by atoms with Crippen molar-refractivity contribution in [2.75, 3.05) is 0 Å². The lowest BCUT2D eigenvalue weighted by molar-refractivity contribution is -0.253. The highest BCUT2D eigenvalue weighted by Crippen LogP contribution is 2.84. The van der Waals surface area contributed by atoms with Gasteiger partial charge in [-0.1, -0.05) is 318 Å². The van der Waals surface area contributed by atoms with E-state index in [0.29, 0.717) is 118 Å². The minimum absolute atomic E-state index is 0.0691. The molecule has 0 saturated heterocycles. The van der Waals surface area contributed by atoms with E-state index in [9.17, 15) is 40.9 Å². The molecule has 0 amide bonds. The third kappa shape index (κ3) is 19.6. The molecule has 0 spiro atoms. The first-order valence-corrected chi connectivity index (χ1v) is 64.3. The second-order valence-corrected chi connectivity index (χ2v) is 65.8. The van der Waals surface area contributed by atoms with E-state index in [1.54, 1.807) is 0 Å². The predicted molar refractivity (Wildman–Crippen MR) is 635 cm³/mol. The Morgan fingerprint density at radius 2 is 0.493 bits per heavy atom. The van der Waals surface area contributed by atoms with Gasteiger partial charge >= 0.3 is 0 Å². The molecule has 43 atom stereocenters. The normalized spacial score (nSPS) is 47.6. The van der Waals surface area contributed by atoms with Crippen LogP contribution >= 0.6 is 0 Å². The van der Waals surface area contributed by atoms with Crippen molar-refractivity contribution in [2.45, 2.75) is 583 Å². The van der Waals surface area contributed by atoms with Gasteiger partial charge in [-0.15, -0.1) is 0 Å². The Morgan fingerprint density at radius 3 is 0.727 bits per heavy atom. The molecule has 0 bridgehead atoms. The van der Waals surface area contributed by atoms with Crippen LogP contribution in [-0.2, 0) is 6.42 Å². The Hall–Kier alpha value is -2.14. The SMILES string of the molecule is CCC1[C@H](O)CC2(C)C(CCC3(C)C2CC(O)C2C(C(C)(C)CCC=C(C)C)CC[C@]23C)C1(C)C.CCC1[C@H](O)CC2(C)C(CCC3(C)C2CC(O)C2C([C@@](C)(CC)CCC=C(C)C)CC[C@]23C)C1(C)C.CCC1[C@H](O)CC2(C)C(CCC3(C)C2CC(O)C2C([C@@](C)(CC)CCC=C(C)C)CC[C@]23C)C1(C)C.CCC1[C@H](O)CC2(C)C(CCC3(C)C2CC(O)C2C([C@](C)(CCC=C(C)C)Cc4c(C)cccc4C)CC[C@]23C)C1(C)C. The Balaban J connectivity index is 0.000000158. The summed E-state index contributed by atoms with van der Waals surface area (Å²) in [7, 11) is 0. The number of hydrogen-bond donors (Lipinski definition) is 8. The molecule has 1 aromatic rings. The van der Waals surface area contributed by atoms with Crippen molar-refractivity contribution >= 4 is 0 Å². The molecule has 150 heavy (non-hydrogen) atoms. The largest absolute Gasteiger partial charge is 0.393 e. The highest BCUT2D eigenvalue weighted by Gasteiger charge is 2.79. The zero-order chi connectivity index (χ0) is 112. The fourth-order valence-electron chi connectivity index (χ4n) is 48.5. The van der Waals surface area contributed by atoms with Crippen LogP contribution in [0.5, 0.6) is 0 Å². The molecule has 860 valence electrons. The maximum absolute atomic E-state index is 12.4. The van der Waals surface area contributed by atoms with Crippen LogP contribution in [0.2, 0.25) is 0 Å². The lowest BCUT2D eigenvalue weighted by Gasteiger charge is -2.71. The molecule has 32 unspecified atom stereocenters. The van der Waals surface area contributed by atoms with Crippen LogP contribution in [0, 0.1) is 241 Å². The Morgan fingerprint density at radius 1 is 0.280 bits per heavy atom. The molecular weight excluding hydrogens is 1830 g/mol. The van der Waals surface area contributed by atoms with Crippen LogP contribution in [0.3, 0.4) is 0 Å². The molecule has 8 heteroatoms. The zero-order valence-corrected chi connectivity index (χ0v) is 106. The summed E-state index contributed by atoms with van der Waals surface area (Å²) in [5.41, 5.74) is 13.5. The first kappa shape index (κ1) is 123. The van der Waals surface area contributed by atoms with Crippen LogP contribution in [0.1, 0.15) is 531 Å². The number of allylic oxidation sites excluding steroid dienone is 8. The fourth-order valence-corrected chi connectivity index (χ4v) is 48.5. The van der Waals surface area contributed by atoms with Crippen LogP contribution in [0.15, 0.2) is 64.8 Å². The fraction of sp³-hybridized carbons (Fsp3) is 0.901. The first-order valence-electron chi connectivity index (χ1n) is 64.3. The van der Waals surface area contributed by atoms with Crippen LogP contribution < -0.4 is 0 Å². The van der Waals surface area contributed by atoms with E-state index >= 15 is 0 Å². The van der Waals surface area contributed by atoms with Gasteiger partial charge in [0.1, 0.15) is 0 Å². The van der Waals surface area contributed by atoms with Crippen molar-refractivity contribution in [1.82, 2.24) is 0 Å². The summed E-state index contributed by atoms with van der Waals surface area (Å²) in [6.45, 7) is 99.3. The third-order valence-corrected chi connectivity index (χ3v) is 56.9. The number of aliphatic hydroxyl groups is 8. The molecule has 16 saturated carbocycles. The van der Waals surface area contributed by atoms with E-state index in [1.165, 1.54) is 180 Å². The molecule has 16 fully saturated rings. The van der Waals surface area contributed by atoms with E-state index in [2.05, 4.69) is 326 Å². The topological polar surface area (TPSA) is 162 Å². The smallest absolute Gasteiger partial charge is 0.0579 e. The average molecular weight is 2080 g/mol. The quantitative estimate of drug-likeness (QED) is 0.0475. The van der Waals surface area contributed by atoms with E-state index < -0.39 is 0 Å². The summed E-state index contributed by atoms with van der Waals surface area (Å²) in [5.74, 6) is 9.81. The van der Waals surface area contributed by atoms with E-state index in [0.717, 1.165) is 109 Å². The first-order chi connectivity index (χ1) is 69.3. The molecule has 8 N–H and O–H groups in total. The van der Waals surface area contributed by atoms with Crippen molar-refractivity contribution in [3.05, 3.63) is 81.5 Å². The number of aliphatic hydroxyl groups excluding tert-OH is 8. The molecule has 0 radical (unpaired) electrons. The average Bonchev–Trinajstić information content (AvgIpc) is 1.41. The van der Waals surface area contributed by atoms with E-state index in [-0.39, 0.29) is 157 Å². The van der Waals surface area contributed by atoms with E-state index in [4.69, 9.17) is 0 Å². The molecular formula is C142H244O8. The van der Waals surface area contributed by atoms with E-state index in [1.807, 2.05) is 0 Å². The molecule has 17 rings (SSSR count). The molecule has 0 heterocycles. The maximum Gasteiger partial charge on any atom is 0.0579 e. The third-order valence-electron chi connectivity index (χ3n) is 56.9.